The van der Waals surface area contributed by atoms with Gasteiger partial charge in [-0.1, -0.05) is 66.7 Å². The fraction of sp³-hybridized carbons (Fsp3) is 0.355. The number of hydrogen-bond acceptors (Lipinski definition) is 4. The Kier molecular flexibility index (Phi) is 9.56. The largest absolute Gasteiger partial charge is 0.350 e. The van der Waals surface area contributed by atoms with Crippen LogP contribution in [0.4, 0.5) is 5.69 Å². The Hall–Kier alpha value is -3.65. The second-order valence-electron chi connectivity index (χ2n) is 11.0. The first-order valence-electron chi connectivity index (χ1n) is 13.0. The molecule has 208 valence electrons. The molecule has 0 saturated heterocycles. The Bertz CT molecular complexity index is 1380. The van der Waals surface area contributed by atoms with Crippen molar-refractivity contribution >= 4 is 27.5 Å². The van der Waals surface area contributed by atoms with Crippen LogP contribution in [0.1, 0.15) is 43.0 Å². The van der Waals surface area contributed by atoms with Gasteiger partial charge in [-0.25, -0.2) is 8.42 Å². The molecule has 1 unspecified atom stereocenters. The maximum atomic E-state index is 14.1. The predicted molar refractivity (Wildman–Crippen MR) is 157 cm³/mol. The van der Waals surface area contributed by atoms with Crippen molar-refractivity contribution in [3.05, 3.63) is 101 Å². The summed E-state index contributed by atoms with van der Waals surface area (Å²) in [5.74, 6) is -0.764. The molecule has 0 aliphatic carbocycles. The minimum absolute atomic E-state index is 0.152. The number of benzene rings is 3. The summed E-state index contributed by atoms with van der Waals surface area (Å²) in [6, 6.07) is 23.4. The monoisotopic (exact) mass is 549 g/mol. The third-order valence-electron chi connectivity index (χ3n) is 6.42. The lowest BCUT2D eigenvalue weighted by atomic mass is 10.0. The van der Waals surface area contributed by atoms with Crippen LogP contribution in [0.25, 0.3) is 0 Å². The lowest BCUT2D eigenvalue weighted by Crippen LogP contribution is -2.56. The van der Waals surface area contributed by atoms with Gasteiger partial charge in [0.15, 0.2) is 0 Å². The van der Waals surface area contributed by atoms with Gasteiger partial charge in [0.05, 0.1) is 11.9 Å². The Morgan fingerprint density at radius 3 is 1.92 bits per heavy atom. The van der Waals surface area contributed by atoms with Crippen LogP contribution >= 0.6 is 0 Å². The fourth-order valence-corrected chi connectivity index (χ4v) is 5.12. The second-order valence-corrected chi connectivity index (χ2v) is 12.9. The minimum Gasteiger partial charge on any atom is -0.350 e. The number of nitrogens with one attached hydrogen (secondary N) is 1. The molecule has 7 nitrogen and oxygen atoms in total. The third-order valence-corrected chi connectivity index (χ3v) is 7.56. The number of carbonyl (C=O) groups is 2. The quantitative estimate of drug-likeness (QED) is 0.400. The number of nitrogens with zero attached hydrogens (tertiary/aromatic N) is 2. The van der Waals surface area contributed by atoms with E-state index in [4.69, 9.17) is 0 Å². The molecule has 3 aromatic carbocycles. The lowest BCUT2D eigenvalue weighted by Gasteiger charge is -2.35. The second kappa shape index (κ2) is 12.5. The van der Waals surface area contributed by atoms with Crippen LogP contribution in [0.15, 0.2) is 78.9 Å². The van der Waals surface area contributed by atoms with E-state index in [9.17, 15) is 18.0 Å². The highest BCUT2D eigenvalue weighted by Crippen LogP contribution is 2.23. The van der Waals surface area contributed by atoms with Crippen molar-refractivity contribution in [2.45, 2.75) is 59.2 Å². The normalized spacial score (nSPS) is 12.5. The molecule has 3 aromatic rings. The van der Waals surface area contributed by atoms with Crippen LogP contribution in [-0.2, 0) is 32.6 Å². The Morgan fingerprint density at radius 2 is 1.41 bits per heavy atom. The number of hydrogen-bond donors (Lipinski definition) is 1. The number of carbonyl (C=O) groups excluding carboxylic acids is 2. The molecule has 0 aliphatic heterocycles. The maximum absolute atomic E-state index is 14.1. The van der Waals surface area contributed by atoms with E-state index in [2.05, 4.69) is 5.32 Å². The van der Waals surface area contributed by atoms with E-state index in [1.807, 2.05) is 101 Å². The highest BCUT2D eigenvalue weighted by molar-refractivity contribution is 7.92. The van der Waals surface area contributed by atoms with Crippen molar-refractivity contribution < 1.29 is 18.0 Å². The summed E-state index contributed by atoms with van der Waals surface area (Å²) in [4.78, 5) is 29.3. The first kappa shape index (κ1) is 29.9. The molecule has 8 heteroatoms. The van der Waals surface area contributed by atoms with E-state index in [1.165, 1.54) is 4.90 Å². The van der Waals surface area contributed by atoms with Gasteiger partial charge in [-0.2, -0.15) is 0 Å². The van der Waals surface area contributed by atoms with E-state index >= 15 is 0 Å². The van der Waals surface area contributed by atoms with Crippen molar-refractivity contribution in [1.29, 1.82) is 0 Å². The highest BCUT2D eigenvalue weighted by Gasteiger charge is 2.34. The molecule has 0 fully saturated rings. The van der Waals surface area contributed by atoms with Crippen LogP contribution in [0.2, 0.25) is 0 Å². The first-order chi connectivity index (χ1) is 18.2. The van der Waals surface area contributed by atoms with Gasteiger partial charge in [0.1, 0.15) is 12.6 Å². The van der Waals surface area contributed by atoms with Gasteiger partial charge in [0, 0.05) is 18.5 Å². The summed E-state index contributed by atoms with van der Waals surface area (Å²) in [6.07, 6.45) is 1.37. The van der Waals surface area contributed by atoms with E-state index < -0.39 is 34.1 Å². The smallest absolute Gasteiger partial charge is 0.244 e. The van der Waals surface area contributed by atoms with E-state index in [1.54, 1.807) is 12.1 Å². The molecule has 1 N–H and O–H groups in total. The topological polar surface area (TPSA) is 86.8 Å². The van der Waals surface area contributed by atoms with Crippen LogP contribution < -0.4 is 9.62 Å². The molecule has 0 radical (unpaired) electrons. The third kappa shape index (κ3) is 8.68. The van der Waals surface area contributed by atoms with Crippen molar-refractivity contribution in [2.24, 2.45) is 0 Å². The first-order valence-corrected chi connectivity index (χ1v) is 14.8. The average molecular weight is 550 g/mol. The SMILES string of the molecule is Cc1ccc(N(CC(=O)N(Cc2ccccc2)C(Cc2ccccc2)C(=O)NC(C)(C)C)S(C)(=O)=O)cc1C. The molecule has 0 aromatic heterocycles. The molecule has 2 amide bonds. The van der Waals surface area contributed by atoms with Crippen molar-refractivity contribution in [2.75, 3.05) is 17.1 Å². The Morgan fingerprint density at radius 1 is 0.846 bits per heavy atom. The fourth-order valence-electron chi connectivity index (χ4n) is 4.28. The van der Waals surface area contributed by atoms with Gasteiger partial charge >= 0.3 is 0 Å². The van der Waals surface area contributed by atoms with Gasteiger partial charge in [0.2, 0.25) is 21.8 Å². The summed E-state index contributed by atoms with van der Waals surface area (Å²) in [5, 5.41) is 3.02. The lowest BCUT2D eigenvalue weighted by molar-refractivity contribution is -0.140. The molecular weight excluding hydrogens is 510 g/mol. The van der Waals surface area contributed by atoms with Crippen molar-refractivity contribution in [3.8, 4) is 0 Å². The van der Waals surface area contributed by atoms with Gasteiger partial charge in [-0.05, 0) is 69.0 Å². The van der Waals surface area contributed by atoms with Gasteiger partial charge in [-0.3, -0.25) is 13.9 Å². The van der Waals surface area contributed by atoms with Crippen molar-refractivity contribution in [1.82, 2.24) is 10.2 Å². The molecule has 0 heterocycles. The maximum Gasteiger partial charge on any atom is 0.244 e. The number of aryl methyl sites for hydroxylation is 2. The zero-order valence-electron chi connectivity index (χ0n) is 23.6. The molecule has 1 atom stereocenters. The minimum atomic E-state index is -3.80. The molecule has 39 heavy (non-hydrogen) atoms. The Balaban J connectivity index is 2.06. The van der Waals surface area contributed by atoms with E-state index in [0.717, 1.165) is 32.8 Å². The zero-order valence-corrected chi connectivity index (χ0v) is 24.5. The summed E-state index contributed by atoms with van der Waals surface area (Å²) < 4.78 is 26.9. The summed E-state index contributed by atoms with van der Waals surface area (Å²) >= 11 is 0. The molecule has 0 saturated carbocycles. The molecule has 3 rings (SSSR count). The Labute approximate surface area is 232 Å². The number of anilines is 1. The molecule has 0 bridgehead atoms. The highest BCUT2D eigenvalue weighted by atomic mass is 32.2. The van der Waals surface area contributed by atoms with Gasteiger partial charge < -0.3 is 10.2 Å². The van der Waals surface area contributed by atoms with Crippen LogP contribution in [0, 0.1) is 13.8 Å². The van der Waals surface area contributed by atoms with Crippen LogP contribution in [-0.4, -0.2) is 49.5 Å². The standard InChI is InChI=1S/C31H39N3O4S/c1-23-17-18-27(19-24(23)2)34(39(6,37)38)22-29(35)33(21-26-15-11-8-12-16-26)28(30(36)32-31(3,4)5)20-25-13-9-7-10-14-25/h7-19,28H,20-22H2,1-6H3,(H,32,36). The summed E-state index contributed by atoms with van der Waals surface area (Å²) in [6.45, 7) is 9.23. The van der Waals surface area contributed by atoms with Gasteiger partial charge in [0.25, 0.3) is 0 Å². The number of amides is 2. The summed E-state index contributed by atoms with van der Waals surface area (Å²) in [7, 11) is -3.80. The molecular formula is C31H39N3O4S. The van der Waals surface area contributed by atoms with E-state index in [0.29, 0.717) is 5.69 Å². The van der Waals surface area contributed by atoms with Gasteiger partial charge in [-0.15, -0.1) is 0 Å². The number of sulfonamides is 1. The van der Waals surface area contributed by atoms with Crippen molar-refractivity contribution in [3.63, 3.8) is 0 Å². The molecule has 0 aliphatic rings. The molecule has 0 spiro atoms. The summed E-state index contributed by atoms with van der Waals surface area (Å²) in [5.41, 5.74) is 3.56. The zero-order chi connectivity index (χ0) is 28.8. The average Bonchev–Trinajstić information content (AvgIpc) is 2.86. The van der Waals surface area contributed by atoms with Crippen LogP contribution in [0.5, 0.6) is 0 Å². The number of rotatable bonds is 10. The van der Waals surface area contributed by atoms with Crippen LogP contribution in [0.3, 0.4) is 0 Å². The predicted octanol–water partition coefficient (Wildman–Crippen LogP) is 4.62. The van der Waals surface area contributed by atoms with E-state index in [-0.39, 0.29) is 18.9 Å².